The van der Waals surface area contributed by atoms with Gasteiger partial charge in [-0.2, -0.15) is 0 Å². The Morgan fingerprint density at radius 2 is 1.64 bits per heavy atom. The summed E-state index contributed by atoms with van der Waals surface area (Å²) in [5.74, 6) is 0. The van der Waals surface area contributed by atoms with Gasteiger partial charge in [0.05, 0.1) is 15.9 Å². The van der Waals surface area contributed by atoms with Crippen molar-refractivity contribution in [1.29, 1.82) is 0 Å². The molecule has 10 nitrogen and oxygen atoms in total. The second-order valence-electron chi connectivity index (χ2n) is 7.51. The van der Waals surface area contributed by atoms with Crippen molar-refractivity contribution in [3.63, 3.8) is 0 Å². The van der Waals surface area contributed by atoms with E-state index in [-0.39, 0.29) is 23.1 Å². The van der Waals surface area contributed by atoms with Gasteiger partial charge in [-0.15, -0.1) is 10.3 Å². The van der Waals surface area contributed by atoms with E-state index in [1.54, 1.807) is 0 Å². The molecule has 1 aromatic carbocycles. The first-order chi connectivity index (χ1) is 11.4. The fraction of sp³-hybridized carbons (Fsp3) is 0.600. The molecular weight excluding hydrogens is 330 g/mol. The molecule has 1 aliphatic rings. The first-order valence-electron chi connectivity index (χ1n) is 7.86. The molecule has 0 bridgehead atoms. The molecule has 1 aliphatic heterocycles. The van der Waals surface area contributed by atoms with Gasteiger partial charge in [-0.25, -0.2) is 5.43 Å². The normalized spacial score (nSPS) is 20.2. The second-order valence-corrected chi connectivity index (χ2v) is 7.51. The minimum absolute atomic E-state index is 0.0926. The van der Waals surface area contributed by atoms with Gasteiger partial charge in [-0.1, -0.05) is 0 Å². The molecule has 1 heterocycles. The molecular formula is C15H22N5O5. The van der Waals surface area contributed by atoms with Crippen molar-refractivity contribution in [2.24, 2.45) is 0 Å². The molecule has 1 radical (unpaired) electrons. The zero-order chi connectivity index (χ0) is 19.0. The third-order valence-electron chi connectivity index (χ3n) is 4.39. The molecule has 0 aromatic heterocycles. The SMILES string of the molecule is CC1(C)CC(NNc2ccc([N+](=O)[O-])cc2[N+](=O)[O-])CC(C)(C)N1[O]. The third-order valence-corrected chi connectivity index (χ3v) is 4.39. The first kappa shape index (κ1) is 19.0. The summed E-state index contributed by atoms with van der Waals surface area (Å²) < 4.78 is 0. The number of non-ortho nitro benzene ring substituents is 1. The maximum absolute atomic E-state index is 12.3. The number of rotatable bonds is 5. The summed E-state index contributed by atoms with van der Waals surface area (Å²) in [6, 6.07) is 3.32. The Morgan fingerprint density at radius 3 is 2.12 bits per heavy atom. The first-order valence-corrected chi connectivity index (χ1v) is 7.86. The molecule has 2 N–H and O–H groups in total. The van der Waals surface area contributed by atoms with Gasteiger partial charge < -0.3 is 5.43 Å². The van der Waals surface area contributed by atoms with Gasteiger partial charge in [0.2, 0.25) is 0 Å². The van der Waals surface area contributed by atoms with Crippen LogP contribution in [0.5, 0.6) is 0 Å². The van der Waals surface area contributed by atoms with Crippen molar-refractivity contribution < 1.29 is 15.1 Å². The Morgan fingerprint density at radius 1 is 1.08 bits per heavy atom. The lowest BCUT2D eigenvalue weighted by atomic mass is 9.79. The number of hydrogen-bond donors (Lipinski definition) is 2. The average molecular weight is 352 g/mol. The number of hydrazine groups is 1. The summed E-state index contributed by atoms with van der Waals surface area (Å²) in [6.07, 6.45) is 1.10. The highest BCUT2D eigenvalue weighted by molar-refractivity contribution is 5.64. The fourth-order valence-corrected chi connectivity index (χ4v) is 3.44. The van der Waals surface area contributed by atoms with E-state index in [0.717, 1.165) is 11.1 Å². The predicted molar refractivity (Wildman–Crippen MR) is 90.2 cm³/mol. The number of nitrogens with zero attached hydrogens (tertiary/aromatic N) is 3. The lowest BCUT2D eigenvalue weighted by Gasteiger charge is -2.50. The highest BCUT2D eigenvalue weighted by Crippen LogP contribution is 2.37. The number of nitrogens with one attached hydrogen (secondary N) is 2. The molecule has 0 unspecified atom stereocenters. The molecule has 137 valence electrons. The molecule has 1 fully saturated rings. The van der Waals surface area contributed by atoms with Crippen LogP contribution >= 0.6 is 0 Å². The van der Waals surface area contributed by atoms with E-state index in [1.807, 2.05) is 27.7 Å². The van der Waals surface area contributed by atoms with Gasteiger partial charge in [0, 0.05) is 23.2 Å². The summed E-state index contributed by atoms with van der Waals surface area (Å²) in [7, 11) is 0. The van der Waals surface area contributed by atoms with Crippen LogP contribution in [0.1, 0.15) is 40.5 Å². The van der Waals surface area contributed by atoms with Crippen LogP contribution < -0.4 is 10.9 Å². The minimum atomic E-state index is -0.681. The fourth-order valence-electron chi connectivity index (χ4n) is 3.44. The highest BCUT2D eigenvalue weighted by atomic mass is 16.6. The maximum atomic E-state index is 12.3. The highest BCUT2D eigenvalue weighted by Gasteiger charge is 2.46. The Bertz CT molecular complexity index is 673. The summed E-state index contributed by atoms with van der Waals surface area (Å²) in [6.45, 7) is 7.40. The molecule has 1 saturated heterocycles. The third kappa shape index (κ3) is 4.03. The number of piperidine rings is 1. The number of nitro benzene ring substituents is 2. The van der Waals surface area contributed by atoms with E-state index in [1.165, 1.54) is 12.1 Å². The van der Waals surface area contributed by atoms with E-state index in [0.29, 0.717) is 12.8 Å². The van der Waals surface area contributed by atoms with Crippen molar-refractivity contribution in [3.05, 3.63) is 38.4 Å². The van der Waals surface area contributed by atoms with Crippen molar-refractivity contribution in [1.82, 2.24) is 10.5 Å². The van der Waals surface area contributed by atoms with Crippen LogP contribution in [0.4, 0.5) is 17.1 Å². The van der Waals surface area contributed by atoms with Gasteiger partial charge in [-0.3, -0.25) is 20.2 Å². The topological polar surface area (TPSA) is 133 Å². The molecule has 0 amide bonds. The number of hydrogen-bond acceptors (Lipinski definition) is 7. The molecule has 2 rings (SSSR count). The van der Waals surface area contributed by atoms with Crippen LogP contribution in [0.15, 0.2) is 18.2 Å². The Balaban J connectivity index is 2.16. The quantitative estimate of drug-likeness (QED) is 0.614. The molecule has 25 heavy (non-hydrogen) atoms. The molecule has 0 atom stereocenters. The second kappa shape index (κ2) is 6.54. The Labute approximate surface area is 145 Å². The summed E-state index contributed by atoms with van der Waals surface area (Å²) in [5, 5.41) is 35.4. The van der Waals surface area contributed by atoms with Crippen LogP contribution in [-0.2, 0) is 5.21 Å². The van der Waals surface area contributed by atoms with E-state index < -0.39 is 20.9 Å². The van der Waals surface area contributed by atoms with Crippen LogP contribution in [0.2, 0.25) is 0 Å². The monoisotopic (exact) mass is 352 g/mol. The number of benzene rings is 1. The van der Waals surface area contributed by atoms with Gasteiger partial charge in [0.1, 0.15) is 5.69 Å². The van der Waals surface area contributed by atoms with Crippen molar-refractivity contribution >= 4 is 17.1 Å². The van der Waals surface area contributed by atoms with Crippen LogP contribution in [-0.4, -0.2) is 32.0 Å². The Kier molecular flexibility index (Phi) is 4.98. The van der Waals surface area contributed by atoms with Gasteiger partial charge in [0.25, 0.3) is 5.69 Å². The van der Waals surface area contributed by atoms with Crippen LogP contribution in [0, 0.1) is 20.2 Å². The molecule has 0 aliphatic carbocycles. The lowest BCUT2D eigenvalue weighted by Crippen LogP contribution is -2.62. The summed E-state index contributed by atoms with van der Waals surface area (Å²) in [4.78, 5) is 20.6. The molecule has 0 spiro atoms. The van der Waals surface area contributed by atoms with Crippen molar-refractivity contribution in [3.8, 4) is 0 Å². The van der Waals surface area contributed by atoms with Crippen LogP contribution in [0.25, 0.3) is 0 Å². The predicted octanol–water partition coefficient (Wildman–Crippen LogP) is 2.79. The molecule has 0 saturated carbocycles. The van der Waals surface area contributed by atoms with E-state index >= 15 is 0 Å². The minimum Gasteiger partial charge on any atom is -0.315 e. The molecule has 1 aromatic rings. The largest absolute Gasteiger partial charge is 0.315 e. The van der Waals surface area contributed by atoms with Crippen molar-refractivity contribution in [2.45, 2.75) is 57.7 Å². The van der Waals surface area contributed by atoms with Crippen LogP contribution in [0.3, 0.4) is 0 Å². The van der Waals surface area contributed by atoms with E-state index in [9.17, 15) is 25.4 Å². The Hall–Kier alpha value is -2.30. The number of anilines is 1. The maximum Gasteiger partial charge on any atom is 0.300 e. The molecule has 10 heteroatoms. The standard InChI is InChI=1S/C15H22N5O5/c1-14(2)8-10(9-15(3,4)20(14)25)16-17-12-6-5-11(18(21)22)7-13(12)19(23)24/h5-7,10,16-17H,8-9H2,1-4H3. The van der Waals surface area contributed by atoms with Gasteiger partial charge >= 0.3 is 5.69 Å². The average Bonchev–Trinajstić information content (AvgIpc) is 2.49. The zero-order valence-corrected chi connectivity index (χ0v) is 14.6. The summed E-state index contributed by atoms with van der Waals surface area (Å²) in [5.41, 5.74) is 4.05. The number of nitro groups is 2. The summed E-state index contributed by atoms with van der Waals surface area (Å²) >= 11 is 0. The van der Waals surface area contributed by atoms with Gasteiger partial charge in [-0.05, 0) is 46.6 Å². The lowest BCUT2D eigenvalue weighted by molar-refractivity contribution is -0.393. The van der Waals surface area contributed by atoms with Crippen molar-refractivity contribution in [2.75, 3.05) is 5.43 Å². The zero-order valence-electron chi connectivity index (χ0n) is 14.6. The van der Waals surface area contributed by atoms with E-state index in [4.69, 9.17) is 0 Å². The van der Waals surface area contributed by atoms with Gasteiger partial charge in [0.15, 0.2) is 0 Å². The number of hydroxylamine groups is 2. The van der Waals surface area contributed by atoms with E-state index in [2.05, 4.69) is 10.9 Å². The smallest absolute Gasteiger partial charge is 0.300 e.